The molecular formula is C17H20N2O4S. The molecule has 0 aliphatic rings. The quantitative estimate of drug-likeness (QED) is 0.769. The number of aromatic carboxylic acids is 1. The summed E-state index contributed by atoms with van der Waals surface area (Å²) in [6, 6.07) is 9.30. The first-order valence-corrected chi connectivity index (χ1v) is 8.58. The minimum Gasteiger partial charge on any atom is -0.476 e. The van der Waals surface area contributed by atoms with Gasteiger partial charge in [-0.15, -0.1) is 11.3 Å². The maximum atomic E-state index is 11.9. The Kier molecular flexibility index (Phi) is 6.31. The van der Waals surface area contributed by atoms with Gasteiger partial charge in [0.05, 0.1) is 0 Å². The third kappa shape index (κ3) is 4.55. The Bertz CT molecular complexity index is 696. The molecule has 0 atom stereocenters. The van der Waals surface area contributed by atoms with E-state index in [1.807, 2.05) is 44.2 Å². The Morgan fingerprint density at radius 2 is 1.92 bits per heavy atom. The fourth-order valence-corrected chi connectivity index (χ4v) is 3.53. The number of carbonyl (C=O) groups excluding carboxylic acids is 1. The van der Waals surface area contributed by atoms with E-state index in [2.05, 4.69) is 10.3 Å². The molecular weight excluding hydrogens is 328 g/mol. The number of carboxylic acid groups (broad SMARTS) is 1. The maximum Gasteiger partial charge on any atom is 0.413 e. The summed E-state index contributed by atoms with van der Waals surface area (Å²) < 4.78 is 5.12. The predicted octanol–water partition coefficient (Wildman–Crippen LogP) is 4.49. The highest BCUT2D eigenvalue weighted by molar-refractivity contribution is 7.16. The van der Waals surface area contributed by atoms with Crippen LogP contribution in [-0.2, 0) is 11.3 Å². The molecule has 128 valence electrons. The molecule has 0 unspecified atom stereocenters. The third-order valence-electron chi connectivity index (χ3n) is 3.63. The molecule has 0 radical (unpaired) electrons. The van der Waals surface area contributed by atoms with Gasteiger partial charge in [-0.3, -0.25) is 5.32 Å². The standard InChI is InChI=1S/C17H20N2O4S/c1-3-12(4-2)14-13(15(20)21)18-16(24-14)19-17(22)23-10-11-8-6-5-7-9-11/h5-9,12H,3-4,10H2,1-2H3,(H,20,21)(H,18,19,22). The number of ether oxygens (including phenoxy) is 1. The summed E-state index contributed by atoms with van der Waals surface area (Å²) in [6.45, 7) is 4.14. The van der Waals surface area contributed by atoms with Gasteiger partial charge >= 0.3 is 12.1 Å². The minimum absolute atomic E-state index is 0.00654. The van der Waals surface area contributed by atoms with Crippen molar-refractivity contribution in [2.24, 2.45) is 0 Å². The fraction of sp³-hybridized carbons (Fsp3) is 0.353. The topological polar surface area (TPSA) is 88.5 Å². The molecule has 6 nitrogen and oxygen atoms in total. The van der Waals surface area contributed by atoms with E-state index in [0.29, 0.717) is 4.88 Å². The van der Waals surface area contributed by atoms with Crippen LogP contribution in [0.2, 0.25) is 0 Å². The van der Waals surface area contributed by atoms with Crippen LogP contribution in [-0.4, -0.2) is 22.2 Å². The van der Waals surface area contributed by atoms with Crippen LogP contribution >= 0.6 is 11.3 Å². The summed E-state index contributed by atoms with van der Waals surface area (Å²) in [4.78, 5) is 28.0. The molecule has 0 fully saturated rings. The van der Waals surface area contributed by atoms with Crippen LogP contribution in [0.5, 0.6) is 0 Å². The molecule has 24 heavy (non-hydrogen) atoms. The SMILES string of the molecule is CCC(CC)c1sc(NC(=O)OCc2ccccc2)nc1C(=O)O. The van der Waals surface area contributed by atoms with Crippen LogP contribution in [0.15, 0.2) is 30.3 Å². The average Bonchev–Trinajstić information content (AvgIpc) is 2.99. The van der Waals surface area contributed by atoms with Gasteiger partial charge in [0.25, 0.3) is 0 Å². The first-order chi connectivity index (χ1) is 11.5. The molecule has 2 aromatic rings. The van der Waals surface area contributed by atoms with E-state index in [1.165, 1.54) is 11.3 Å². The molecule has 1 aromatic heterocycles. The number of carbonyl (C=O) groups is 2. The zero-order chi connectivity index (χ0) is 17.5. The van der Waals surface area contributed by atoms with Crippen LogP contribution < -0.4 is 5.32 Å². The number of hydrogen-bond acceptors (Lipinski definition) is 5. The lowest BCUT2D eigenvalue weighted by molar-refractivity contribution is 0.0689. The molecule has 0 saturated carbocycles. The van der Waals surface area contributed by atoms with Crippen molar-refractivity contribution in [1.82, 2.24) is 4.98 Å². The van der Waals surface area contributed by atoms with Gasteiger partial charge in [0, 0.05) is 4.88 Å². The van der Waals surface area contributed by atoms with E-state index < -0.39 is 12.1 Å². The molecule has 0 aliphatic carbocycles. The normalized spacial score (nSPS) is 10.6. The summed E-state index contributed by atoms with van der Waals surface area (Å²) in [5.74, 6) is -0.969. The van der Waals surface area contributed by atoms with Crippen molar-refractivity contribution < 1.29 is 19.4 Å². The van der Waals surface area contributed by atoms with Crippen molar-refractivity contribution >= 4 is 28.5 Å². The molecule has 1 aromatic carbocycles. The lowest BCUT2D eigenvalue weighted by Gasteiger charge is -2.09. The van der Waals surface area contributed by atoms with E-state index in [4.69, 9.17) is 4.74 Å². The monoisotopic (exact) mass is 348 g/mol. The number of nitrogens with one attached hydrogen (secondary N) is 1. The third-order valence-corrected chi connectivity index (χ3v) is 4.77. The second kappa shape index (κ2) is 8.44. The number of benzene rings is 1. The Balaban J connectivity index is 2.05. The molecule has 2 rings (SSSR count). The van der Waals surface area contributed by atoms with Crippen LogP contribution in [0.4, 0.5) is 9.93 Å². The van der Waals surface area contributed by atoms with E-state index in [0.717, 1.165) is 18.4 Å². The number of aromatic nitrogens is 1. The molecule has 0 saturated heterocycles. The number of thiazole rings is 1. The molecule has 2 N–H and O–H groups in total. The van der Waals surface area contributed by atoms with Crippen molar-refractivity contribution in [2.45, 2.75) is 39.2 Å². The van der Waals surface area contributed by atoms with Gasteiger partial charge in [0.2, 0.25) is 0 Å². The Labute approximate surface area is 144 Å². The Morgan fingerprint density at radius 1 is 1.25 bits per heavy atom. The highest BCUT2D eigenvalue weighted by atomic mass is 32.1. The first-order valence-electron chi connectivity index (χ1n) is 7.76. The van der Waals surface area contributed by atoms with Crippen LogP contribution in [0, 0.1) is 0 Å². The van der Waals surface area contributed by atoms with Crippen LogP contribution in [0.25, 0.3) is 0 Å². The molecule has 0 bridgehead atoms. The zero-order valence-electron chi connectivity index (χ0n) is 13.6. The van der Waals surface area contributed by atoms with E-state index in [1.54, 1.807) is 0 Å². The van der Waals surface area contributed by atoms with Crippen molar-refractivity contribution in [3.63, 3.8) is 0 Å². The lowest BCUT2D eigenvalue weighted by Crippen LogP contribution is -2.13. The number of rotatable bonds is 7. The van der Waals surface area contributed by atoms with Gasteiger partial charge in [-0.25, -0.2) is 14.6 Å². The largest absolute Gasteiger partial charge is 0.476 e. The highest BCUT2D eigenvalue weighted by Gasteiger charge is 2.23. The van der Waals surface area contributed by atoms with Gasteiger partial charge < -0.3 is 9.84 Å². The van der Waals surface area contributed by atoms with Gasteiger partial charge in [0.1, 0.15) is 6.61 Å². The van der Waals surface area contributed by atoms with Gasteiger partial charge in [-0.05, 0) is 24.3 Å². The molecule has 0 spiro atoms. The van der Waals surface area contributed by atoms with Crippen LogP contribution in [0.3, 0.4) is 0 Å². The predicted molar refractivity (Wildman–Crippen MR) is 92.6 cm³/mol. The van der Waals surface area contributed by atoms with Crippen molar-refractivity contribution in [3.8, 4) is 0 Å². The Hall–Kier alpha value is -2.41. The Morgan fingerprint density at radius 3 is 2.50 bits per heavy atom. The number of hydrogen-bond donors (Lipinski definition) is 2. The van der Waals surface area contributed by atoms with Gasteiger partial charge in [0.15, 0.2) is 10.8 Å². The summed E-state index contributed by atoms with van der Waals surface area (Å²) in [6.07, 6.45) is 0.980. The molecule has 7 heteroatoms. The van der Waals surface area contributed by atoms with E-state index in [-0.39, 0.29) is 23.4 Å². The molecule has 0 aliphatic heterocycles. The van der Waals surface area contributed by atoms with E-state index in [9.17, 15) is 14.7 Å². The van der Waals surface area contributed by atoms with Gasteiger partial charge in [-0.2, -0.15) is 0 Å². The summed E-state index contributed by atoms with van der Waals surface area (Å²) in [7, 11) is 0. The minimum atomic E-state index is -1.08. The number of carboxylic acids is 1. The number of anilines is 1. The van der Waals surface area contributed by atoms with Crippen molar-refractivity contribution in [1.29, 1.82) is 0 Å². The number of nitrogens with zero attached hydrogens (tertiary/aromatic N) is 1. The van der Waals surface area contributed by atoms with E-state index >= 15 is 0 Å². The zero-order valence-corrected chi connectivity index (χ0v) is 14.4. The van der Waals surface area contributed by atoms with Gasteiger partial charge in [-0.1, -0.05) is 44.2 Å². The molecule has 1 amide bonds. The smallest absolute Gasteiger partial charge is 0.413 e. The van der Waals surface area contributed by atoms with Crippen LogP contribution in [0.1, 0.15) is 53.5 Å². The highest BCUT2D eigenvalue weighted by Crippen LogP contribution is 2.34. The first kappa shape index (κ1) is 17.9. The second-order valence-electron chi connectivity index (χ2n) is 5.24. The van der Waals surface area contributed by atoms with Crippen molar-refractivity contribution in [3.05, 3.63) is 46.5 Å². The fourth-order valence-electron chi connectivity index (χ4n) is 2.32. The maximum absolute atomic E-state index is 11.9. The number of amides is 1. The second-order valence-corrected chi connectivity index (χ2v) is 6.27. The summed E-state index contributed by atoms with van der Waals surface area (Å²) in [5, 5.41) is 12.1. The summed E-state index contributed by atoms with van der Waals surface area (Å²) in [5.41, 5.74) is 0.878. The molecule has 1 heterocycles. The van der Waals surface area contributed by atoms with Crippen molar-refractivity contribution in [2.75, 3.05) is 5.32 Å². The average molecular weight is 348 g/mol. The lowest BCUT2D eigenvalue weighted by atomic mass is 10.0. The summed E-state index contributed by atoms with van der Waals surface area (Å²) >= 11 is 1.19.